The number of nitrogens with zero attached hydrogens (tertiary/aromatic N) is 4. The monoisotopic (exact) mass is 1080 g/mol. The van der Waals surface area contributed by atoms with E-state index in [1.807, 2.05) is 6.08 Å². The van der Waals surface area contributed by atoms with Crippen LogP contribution in [-0.4, -0.2) is 164 Å². The van der Waals surface area contributed by atoms with E-state index in [9.17, 15) is 68.1 Å². The molecule has 2 aliphatic rings. The largest absolute Gasteiger partial charge is 0.481 e. The fraction of sp³-hybridized carbons (Fsp3) is 0.737. The molecule has 12 N–H and O–H groups in total. The summed E-state index contributed by atoms with van der Waals surface area (Å²) in [5.41, 5.74) is 4.24. The van der Waals surface area contributed by atoms with Crippen molar-refractivity contribution in [2.75, 3.05) is 44.4 Å². The van der Waals surface area contributed by atoms with Gasteiger partial charge in [0.15, 0.2) is 24.0 Å². The number of hydrogen-bond acceptors (Lipinski definition) is 22. The van der Waals surface area contributed by atoms with E-state index >= 15 is 0 Å². The molecule has 11 atom stereocenters. The van der Waals surface area contributed by atoms with Crippen molar-refractivity contribution in [3.05, 3.63) is 24.8 Å². The summed E-state index contributed by atoms with van der Waals surface area (Å²) in [6.45, 7) is 2.61. The summed E-state index contributed by atoms with van der Waals surface area (Å²) in [5, 5.41) is 46.1. The fourth-order valence-electron chi connectivity index (χ4n) is 6.87. The highest BCUT2D eigenvalue weighted by Gasteiger charge is 2.50. The van der Waals surface area contributed by atoms with Crippen molar-refractivity contribution >= 4 is 69.1 Å². The summed E-state index contributed by atoms with van der Waals surface area (Å²) >= 11 is 1.02. The lowest BCUT2D eigenvalue weighted by molar-refractivity contribution is -0.261. The van der Waals surface area contributed by atoms with Crippen molar-refractivity contribution in [1.29, 1.82) is 0 Å². The number of anilines is 1. The van der Waals surface area contributed by atoms with Crippen LogP contribution in [0.4, 0.5) is 5.82 Å². The summed E-state index contributed by atoms with van der Waals surface area (Å²) in [6.07, 6.45) is 0.421. The van der Waals surface area contributed by atoms with Crippen LogP contribution in [0.3, 0.4) is 0 Å². The van der Waals surface area contributed by atoms with E-state index in [2.05, 4.69) is 34.4 Å². The highest BCUT2D eigenvalue weighted by molar-refractivity contribution is 8.14. The number of nitrogen functional groups attached to an aromatic ring is 1. The van der Waals surface area contributed by atoms with Gasteiger partial charge in [-0.05, 0) is 32.3 Å². The Balaban J connectivity index is 1.07. The van der Waals surface area contributed by atoms with Gasteiger partial charge in [-0.15, -0.1) is 0 Å². The summed E-state index contributed by atoms with van der Waals surface area (Å²) in [7, 11) is -16.5. The Morgan fingerprint density at radius 1 is 0.957 bits per heavy atom. The predicted octanol–water partition coefficient (Wildman–Crippen LogP) is 0.825. The van der Waals surface area contributed by atoms with Gasteiger partial charge in [-0.3, -0.25) is 32.5 Å². The lowest BCUT2D eigenvalue weighted by atomic mass is 9.87. The second kappa shape index (κ2) is 27.4. The Morgan fingerprint density at radius 3 is 2.36 bits per heavy atom. The molecule has 4 rings (SSSR count). The van der Waals surface area contributed by atoms with Crippen molar-refractivity contribution < 1.29 is 100 Å². The first-order valence-electron chi connectivity index (χ1n) is 22.1. The topological polar surface area (TPSA) is 423 Å². The zero-order valence-electron chi connectivity index (χ0n) is 38.6. The van der Waals surface area contributed by atoms with Gasteiger partial charge < -0.3 is 70.6 Å². The van der Waals surface area contributed by atoms with Crippen molar-refractivity contribution in [3.8, 4) is 0 Å². The third kappa shape index (κ3) is 19.5. The highest BCUT2D eigenvalue weighted by Crippen LogP contribution is 2.61. The van der Waals surface area contributed by atoms with Gasteiger partial charge in [0.25, 0.3) is 0 Å². The number of rotatable bonds is 30. The molecule has 32 heteroatoms. The molecule has 2 unspecified atom stereocenters. The Labute approximate surface area is 406 Å². The van der Waals surface area contributed by atoms with Gasteiger partial charge in [-0.1, -0.05) is 57.4 Å². The maximum Gasteiger partial charge on any atom is 0.481 e. The number of unbranched alkanes of at least 4 members (excludes halogenated alkanes) is 6. The van der Waals surface area contributed by atoms with Crippen LogP contribution in [0, 0.1) is 5.41 Å². The maximum atomic E-state index is 12.7. The number of phosphoric ester groups is 3. The molecule has 398 valence electrons. The molecule has 2 saturated heterocycles. The van der Waals surface area contributed by atoms with Crippen molar-refractivity contribution in [2.45, 2.75) is 134 Å². The summed E-state index contributed by atoms with van der Waals surface area (Å²) < 4.78 is 73.5. The first-order valence-corrected chi connectivity index (χ1v) is 27.7. The zero-order chi connectivity index (χ0) is 51.9. The van der Waals surface area contributed by atoms with Crippen molar-refractivity contribution in [1.82, 2.24) is 30.2 Å². The lowest BCUT2D eigenvalue weighted by Crippen LogP contribution is -2.47. The third-order valence-corrected chi connectivity index (χ3v) is 14.7. The van der Waals surface area contributed by atoms with Crippen LogP contribution in [0.15, 0.2) is 24.8 Å². The average Bonchev–Trinajstić information content (AvgIpc) is 3.84. The second-order valence-corrected chi connectivity index (χ2v) is 22.3. The van der Waals surface area contributed by atoms with E-state index in [4.69, 9.17) is 29.0 Å². The van der Waals surface area contributed by atoms with Crippen LogP contribution < -0.4 is 16.4 Å². The minimum absolute atomic E-state index is 0.0242. The molecule has 0 bridgehead atoms. The number of nitrogens with two attached hydrogens (primary N) is 1. The van der Waals surface area contributed by atoms with E-state index in [1.165, 1.54) is 19.9 Å². The first-order chi connectivity index (χ1) is 32.8. The van der Waals surface area contributed by atoms with Gasteiger partial charge in [0.2, 0.25) is 16.9 Å². The minimum atomic E-state index is -5.59. The van der Waals surface area contributed by atoms with Crippen LogP contribution in [0.1, 0.15) is 84.8 Å². The Kier molecular flexibility index (Phi) is 23.4. The zero-order valence-corrected chi connectivity index (χ0v) is 42.1. The van der Waals surface area contributed by atoms with Crippen LogP contribution in [-0.2, 0) is 60.2 Å². The molecular formula is C38H64N7O21P3S. The number of aromatic nitrogens is 4. The molecule has 0 radical (unpaired) electrons. The Morgan fingerprint density at radius 2 is 1.64 bits per heavy atom. The van der Waals surface area contributed by atoms with E-state index in [1.54, 1.807) is 6.92 Å². The summed E-state index contributed by atoms with van der Waals surface area (Å²) in [4.78, 5) is 88.3. The first kappa shape index (κ1) is 59.7. The van der Waals surface area contributed by atoms with E-state index < -0.39 is 103 Å². The number of amides is 2. The van der Waals surface area contributed by atoms with E-state index in [0.29, 0.717) is 12.4 Å². The SMILES string of the molecule is C[C@@H]1O[C@@H](OCCCCCCCC/C=C/C(=O)SCCNC(=O)CCNC(=O)[C@H](O)C(C)(C)COP(=O)(O)OP(=O)(O)OC[C@H]2O[C@@H](n3cnc4c(N)ncnc43)[C@H](O)[C@@H]2OP(=O)(O)O)[C@H](O)C[C@H]1O. The number of carbonyl (C=O) groups is 3. The van der Waals surface area contributed by atoms with Gasteiger partial charge in [0, 0.05) is 43.7 Å². The molecule has 0 saturated carbocycles. The lowest BCUT2D eigenvalue weighted by Gasteiger charge is -2.35. The van der Waals surface area contributed by atoms with Crippen molar-refractivity contribution in [2.24, 2.45) is 5.41 Å². The molecule has 70 heavy (non-hydrogen) atoms. The van der Waals surface area contributed by atoms with Crippen LogP contribution in [0.5, 0.6) is 0 Å². The molecule has 0 aromatic carbocycles. The standard InChI is InChI=1S/C38H64N7O21P3S/c1-23-24(46)18-25(47)37(63-23)60-16-11-9-7-5-4-6-8-10-12-28(49)70-17-15-40-27(48)13-14-41-35(52)32(51)38(2,3)20-62-69(58,59)66-68(56,57)61-19-26-31(65-67(53,54)55)30(50)36(64-26)45-22-44-29-33(39)42-21-43-34(29)45/h10,12,21-26,30-32,36-37,46-47,50-51H,4-9,11,13-20H2,1-3H3,(H,40,48)(H,41,52)(H,56,57)(H,58,59)(H2,39,42,43)(H2,53,54,55)/b12-10+/t23-,24+,25+,26+,30+,31+,32-,36+,37+/m0/s1. The molecule has 0 aliphatic carbocycles. The highest BCUT2D eigenvalue weighted by atomic mass is 32.2. The molecule has 4 heterocycles. The number of allylic oxidation sites excluding steroid dienone is 1. The number of carbonyl (C=O) groups excluding carboxylic acids is 3. The molecule has 2 fully saturated rings. The van der Waals surface area contributed by atoms with Crippen LogP contribution >= 0.6 is 35.2 Å². The molecule has 28 nitrogen and oxygen atoms in total. The van der Waals surface area contributed by atoms with Crippen LogP contribution in [0.25, 0.3) is 11.2 Å². The number of aliphatic hydroxyl groups excluding tert-OH is 4. The third-order valence-electron chi connectivity index (χ3n) is 10.7. The van der Waals surface area contributed by atoms with Crippen LogP contribution in [0.2, 0.25) is 0 Å². The number of nitrogens with one attached hydrogen (secondary N) is 2. The summed E-state index contributed by atoms with van der Waals surface area (Å²) in [5.74, 6) is -1.20. The summed E-state index contributed by atoms with van der Waals surface area (Å²) in [6, 6.07) is 0. The van der Waals surface area contributed by atoms with Gasteiger partial charge in [-0.2, -0.15) is 4.31 Å². The maximum absolute atomic E-state index is 12.7. The molecule has 2 aromatic heterocycles. The van der Waals surface area contributed by atoms with Gasteiger partial charge in [0.1, 0.15) is 42.4 Å². The normalized spacial score (nSPS) is 25.4. The fourth-order valence-corrected chi connectivity index (χ4v) is 10.3. The quantitative estimate of drug-likeness (QED) is 0.0293. The number of fused-ring (bicyclic) bond motifs is 1. The predicted molar refractivity (Wildman–Crippen MR) is 245 cm³/mol. The molecule has 2 aromatic rings. The van der Waals surface area contributed by atoms with Crippen molar-refractivity contribution in [3.63, 3.8) is 0 Å². The Hall–Kier alpha value is -2.86. The van der Waals surface area contributed by atoms with Gasteiger partial charge in [-0.25, -0.2) is 28.6 Å². The number of thioether (sulfide) groups is 1. The number of phosphoric acid groups is 3. The average molecular weight is 1080 g/mol. The molecule has 2 aliphatic heterocycles. The second-order valence-electron chi connectivity index (χ2n) is 17.0. The van der Waals surface area contributed by atoms with E-state index in [0.717, 1.165) is 73.9 Å². The smallest absolute Gasteiger partial charge is 0.390 e. The minimum Gasteiger partial charge on any atom is -0.390 e. The molecule has 2 amide bonds. The Bertz CT molecular complexity index is 2210. The molecular weight excluding hydrogens is 1020 g/mol. The number of aliphatic hydroxyl groups is 4. The van der Waals surface area contributed by atoms with Gasteiger partial charge >= 0.3 is 23.5 Å². The van der Waals surface area contributed by atoms with E-state index in [-0.39, 0.29) is 54.1 Å². The molecule has 0 spiro atoms. The van der Waals surface area contributed by atoms with Gasteiger partial charge in [0.05, 0.1) is 31.7 Å². The number of imidazole rings is 1. The number of hydrogen-bond donors (Lipinski definition) is 11. The number of ether oxygens (including phenoxy) is 3.